The smallest absolute Gasteiger partial charge is 0.266 e. The number of hydrogen-bond acceptors (Lipinski definition) is 6. The van der Waals surface area contributed by atoms with Crippen LogP contribution in [0, 0.1) is 0 Å². The van der Waals surface area contributed by atoms with Crippen molar-refractivity contribution in [3.05, 3.63) is 64.7 Å². The van der Waals surface area contributed by atoms with Gasteiger partial charge in [-0.05, 0) is 36.6 Å². The van der Waals surface area contributed by atoms with Crippen molar-refractivity contribution in [3.63, 3.8) is 0 Å². The van der Waals surface area contributed by atoms with E-state index in [1.54, 1.807) is 42.6 Å². The lowest BCUT2D eigenvalue weighted by atomic mass is 10.2. The van der Waals surface area contributed by atoms with Gasteiger partial charge in [-0.2, -0.15) is 0 Å². The zero-order chi connectivity index (χ0) is 21.5. The number of hydrogen-bond donors (Lipinski definition) is 2. The normalized spacial score (nSPS) is 10.3. The first-order valence-corrected chi connectivity index (χ1v) is 10.0. The van der Waals surface area contributed by atoms with Crippen LogP contribution in [0.3, 0.4) is 0 Å². The standard InChI is InChI=1S/C21H21N3O5S/c1-3-24(12-18(25)22-15-6-4-5-7-17(15)28-2)21(27)19-16(9-11-30-19)23-20(26)14-8-10-29-13-14/h4-11,13H,3,12H2,1-2H3,(H,22,25)(H,23,26). The molecule has 8 nitrogen and oxygen atoms in total. The third kappa shape index (κ3) is 4.87. The molecule has 0 fully saturated rings. The van der Waals surface area contributed by atoms with E-state index in [2.05, 4.69) is 10.6 Å². The van der Waals surface area contributed by atoms with Crippen LogP contribution in [0.1, 0.15) is 27.0 Å². The summed E-state index contributed by atoms with van der Waals surface area (Å²) in [4.78, 5) is 39.5. The first-order chi connectivity index (χ1) is 14.5. The van der Waals surface area contributed by atoms with Gasteiger partial charge < -0.3 is 24.7 Å². The van der Waals surface area contributed by atoms with Crippen molar-refractivity contribution in [1.82, 2.24) is 4.90 Å². The summed E-state index contributed by atoms with van der Waals surface area (Å²) in [7, 11) is 1.52. The highest BCUT2D eigenvalue weighted by molar-refractivity contribution is 7.12. The van der Waals surface area contributed by atoms with Crippen LogP contribution < -0.4 is 15.4 Å². The molecular weight excluding hydrogens is 406 g/mol. The summed E-state index contributed by atoms with van der Waals surface area (Å²) in [6.07, 6.45) is 2.72. The highest BCUT2D eigenvalue weighted by Gasteiger charge is 2.23. The zero-order valence-corrected chi connectivity index (χ0v) is 17.3. The molecule has 3 rings (SSSR count). The average molecular weight is 427 g/mol. The van der Waals surface area contributed by atoms with E-state index >= 15 is 0 Å². The maximum atomic E-state index is 13.0. The molecule has 156 valence electrons. The first kappa shape index (κ1) is 21.1. The number of furan rings is 1. The summed E-state index contributed by atoms with van der Waals surface area (Å²) >= 11 is 1.20. The summed E-state index contributed by atoms with van der Waals surface area (Å²) in [5, 5.41) is 7.17. The molecule has 0 saturated carbocycles. The number of anilines is 2. The van der Waals surface area contributed by atoms with Crippen LogP contribution in [-0.2, 0) is 4.79 Å². The van der Waals surface area contributed by atoms with Crippen LogP contribution in [-0.4, -0.2) is 42.8 Å². The Hall–Kier alpha value is -3.59. The molecule has 3 aromatic rings. The molecule has 0 aliphatic carbocycles. The van der Waals surface area contributed by atoms with Gasteiger partial charge in [-0.15, -0.1) is 11.3 Å². The topological polar surface area (TPSA) is 101 Å². The van der Waals surface area contributed by atoms with Gasteiger partial charge in [0.05, 0.1) is 30.3 Å². The Morgan fingerprint density at radius 3 is 2.60 bits per heavy atom. The molecule has 0 unspecified atom stereocenters. The van der Waals surface area contributed by atoms with E-state index < -0.39 is 0 Å². The lowest BCUT2D eigenvalue weighted by Gasteiger charge is -2.21. The molecule has 3 amide bonds. The van der Waals surface area contributed by atoms with Crippen molar-refractivity contribution in [2.75, 3.05) is 30.8 Å². The van der Waals surface area contributed by atoms with E-state index in [-0.39, 0.29) is 24.3 Å². The third-order valence-electron chi connectivity index (χ3n) is 4.28. The number of para-hydroxylation sites is 2. The van der Waals surface area contributed by atoms with E-state index in [1.165, 1.54) is 41.9 Å². The van der Waals surface area contributed by atoms with Gasteiger partial charge in [-0.1, -0.05) is 12.1 Å². The minimum Gasteiger partial charge on any atom is -0.495 e. The van der Waals surface area contributed by atoms with Crippen molar-refractivity contribution >= 4 is 40.4 Å². The van der Waals surface area contributed by atoms with Crippen LogP contribution >= 0.6 is 11.3 Å². The van der Waals surface area contributed by atoms with Crippen molar-refractivity contribution in [1.29, 1.82) is 0 Å². The number of carbonyl (C=O) groups excluding carboxylic acids is 3. The third-order valence-corrected chi connectivity index (χ3v) is 5.18. The Morgan fingerprint density at radius 2 is 1.90 bits per heavy atom. The summed E-state index contributed by atoms with van der Waals surface area (Å²) in [5.74, 6) is -0.545. The molecule has 9 heteroatoms. The summed E-state index contributed by atoms with van der Waals surface area (Å²) in [6, 6.07) is 10.2. The number of methoxy groups -OCH3 is 1. The van der Waals surface area contributed by atoms with Gasteiger partial charge in [0, 0.05) is 6.54 Å². The van der Waals surface area contributed by atoms with Gasteiger partial charge in [-0.25, -0.2) is 0 Å². The zero-order valence-electron chi connectivity index (χ0n) is 16.5. The molecule has 2 N–H and O–H groups in total. The van der Waals surface area contributed by atoms with Gasteiger partial charge in [0.2, 0.25) is 5.91 Å². The number of nitrogens with one attached hydrogen (secondary N) is 2. The Kier molecular flexibility index (Phi) is 6.87. The largest absolute Gasteiger partial charge is 0.495 e. The van der Waals surface area contributed by atoms with Crippen molar-refractivity contribution in [2.24, 2.45) is 0 Å². The van der Waals surface area contributed by atoms with Gasteiger partial charge >= 0.3 is 0 Å². The van der Waals surface area contributed by atoms with Crippen molar-refractivity contribution in [2.45, 2.75) is 6.92 Å². The molecule has 0 radical (unpaired) electrons. The number of thiophene rings is 1. The Balaban J connectivity index is 1.68. The van der Waals surface area contributed by atoms with Crippen LogP contribution in [0.15, 0.2) is 58.7 Å². The summed E-state index contributed by atoms with van der Waals surface area (Å²) < 4.78 is 10.1. The number of benzene rings is 1. The quantitative estimate of drug-likeness (QED) is 0.571. The number of rotatable bonds is 8. The number of ether oxygens (including phenoxy) is 1. The maximum absolute atomic E-state index is 13.0. The number of amides is 3. The molecule has 0 spiro atoms. The van der Waals surface area contributed by atoms with E-state index in [1.807, 2.05) is 0 Å². The number of nitrogens with zero attached hydrogens (tertiary/aromatic N) is 1. The molecule has 2 aromatic heterocycles. The maximum Gasteiger partial charge on any atom is 0.266 e. The second-order valence-corrected chi connectivity index (χ2v) is 7.11. The van der Waals surface area contributed by atoms with Crippen LogP contribution in [0.4, 0.5) is 11.4 Å². The van der Waals surface area contributed by atoms with E-state index in [4.69, 9.17) is 9.15 Å². The van der Waals surface area contributed by atoms with E-state index in [9.17, 15) is 14.4 Å². The van der Waals surface area contributed by atoms with E-state index in [0.717, 1.165) is 0 Å². The molecular formula is C21H21N3O5S. The predicted octanol–water partition coefficient (Wildman–Crippen LogP) is 3.70. The lowest BCUT2D eigenvalue weighted by Crippen LogP contribution is -2.37. The summed E-state index contributed by atoms with van der Waals surface area (Å²) in [5.41, 5.74) is 1.26. The fraction of sp³-hybridized carbons (Fsp3) is 0.190. The molecule has 30 heavy (non-hydrogen) atoms. The van der Waals surface area contributed by atoms with Crippen LogP contribution in [0.2, 0.25) is 0 Å². The van der Waals surface area contributed by atoms with Crippen molar-refractivity contribution < 1.29 is 23.5 Å². The second kappa shape index (κ2) is 9.75. The van der Waals surface area contributed by atoms with Crippen LogP contribution in [0.25, 0.3) is 0 Å². The SMILES string of the molecule is CCN(CC(=O)Nc1ccccc1OC)C(=O)c1sccc1NC(=O)c1ccoc1. The van der Waals surface area contributed by atoms with Gasteiger partial charge in [0.15, 0.2) is 0 Å². The average Bonchev–Trinajstić information content (AvgIpc) is 3.44. The van der Waals surface area contributed by atoms with Gasteiger partial charge in [0.25, 0.3) is 11.8 Å². The highest BCUT2D eigenvalue weighted by Crippen LogP contribution is 2.26. The predicted molar refractivity (Wildman–Crippen MR) is 114 cm³/mol. The molecule has 1 aromatic carbocycles. The molecule has 0 aliphatic heterocycles. The molecule has 2 heterocycles. The number of likely N-dealkylation sites (N-methyl/N-ethyl adjacent to an activating group) is 1. The molecule has 0 bridgehead atoms. The molecule has 0 saturated heterocycles. The van der Waals surface area contributed by atoms with Gasteiger partial charge in [0.1, 0.15) is 23.4 Å². The minimum absolute atomic E-state index is 0.138. The Labute approximate surface area is 177 Å². The minimum atomic E-state index is -0.381. The van der Waals surface area contributed by atoms with Gasteiger partial charge in [-0.3, -0.25) is 14.4 Å². The summed E-state index contributed by atoms with van der Waals surface area (Å²) in [6.45, 7) is 1.97. The number of carbonyl (C=O) groups is 3. The molecule has 0 atom stereocenters. The molecule has 0 aliphatic rings. The van der Waals surface area contributed by atoms with Crippen LogP contribution in [0.5, 0.6) is 5.75 Å². The van der Waals surface area contributed by atoms with E-state index in [0.29, 0.717) is 34.1 Å². The first-order valence-electron chi connectivity index (χ1n) is 9.16. The second-order valence-electron chi connectivity index (χ2n) is 6.20. The Morgan fingerprint density at radius 1 is 1.10 bits per heavy atom. The monoisotopic (exact) mass is 427 g/mol. The Bertz CT molecular complexity index is 1030. The lowest BCUT2D eigenvalue weighted by molar-refractivity contribution is -0.116. The fourth-order valence-electron chi connectivity index (χ4n) is 2.74. The fourth-order valence-corrected chi connectivity index (χ4v) is 3.56. The van der Waals surface area contributed by atoms with Crippen molar-refractivity contribution in [3.8, 4) is 5.75 Å². The highest BCUT2D eigenvalue weighted by atomic mass is 32.1.